The molecule has 0 bridgehead atoms. The van der Waals surface area contributed by atoms with Crippen LogP contribution in [0.1, 0.15) is 72.6 Å². The SMILES string of the molecule is C=C1C(=O)O[C@@H](CCCCCCCC)C1C(=O)NCC(=O)OC(C)(C)C. The van der Waals surface area contributed by atoms with E-state index in [2.05, 4.69) is 18.8 Å². The van der Waals surface area contributed by atoms with Crippen molar-refractivity contribution in [3.63, 3.8) is 0 Å². The predicted octanol–water partition coefficient (Wildman–Crippen LogP) is 3.29. The van der Waals surface area contributed by atoms with E-state index in [4.69, 9.17) is 9.47 Å². The second-order valence-corrected chi connectivity index (χ2v) is 7.81. The van der Waals surface area contributed by atoms with Gasteiger partial charge in [0.2, 0.25) is 5.91 Å². The van der Waals surface area contributed by atoms with Crippen LogP contribution in [0.3, 0.4) is 0 Å². The molecule has 0 aromatic rings. The number of amides is 1. The van der Waals surface area contributed by atoms with Crippen molar-refractivity contribution in [3.8, 4) is 0 Å². The summed E-state index contributed by atoms with van der Waals surface area (Å²) in [5.41, 5.74) is -0.458. The van der Waals surface area contributed by atoms with E-state index < -0.39 is 35.5 Å². The molecule has 1 heterocycles. The first-order valence-corrected chi connectivity index (χ1v) is 9.55. The van der Waals surface area contributed by atoms with Gasteiger partial charge in [-0.25, -0.2) is 4.79 Å². The van der Waals surface area contributed by atoms with Crippen molar-refractivity contribution in [2.24, 2.45) is 5.92 Å². The first-order chi connectivity index (χ1) is 12.2. The topological polar surface area (TPSA) is 81.7 Å². The first kappa shape index (κ1) is 22.2. The van der Waals surface area contributed by atoms with Crippen molar-refractivity contribution in [1.29, 1.82) is 0 Å². The molecule has 0 aromatic carbocycles. The van der Waals surface area contributed by atoms with Gasteiger partial charge >= 0.3 is 11.9 Å². The minimum absolute atomic E-state index is 0.155. The molecule has 0 aliphatic carbocycles. The molecule has 1 saturated heterocycles. The van der Waals surface area contributed by atoms with Gasteiger partial charge in [0.05, 0.1) is 0 Å². The molecule has 0 aromatic heterocycles. The molecule has 1 amide bonds. The van der Waals surface area contributed by atoms with Gasteiger partial charge in [-0.05, 0) is 33.6 Å². The number of unbranched alkanes of at least 4 members (excludes halogenated alkanes) is 5. The molecule has 1 rings (SSSR count). The largest absolute Gasteiger partial charge is 0.459 e. The predicted molar refractivity (Wildman–Crippen MR) is 99.4 cm³/mol. The Hall–Kier alpha value is -1.85. The van der Waals surface area contributed by atoms with Crippen molar-refractivity contribution in [2.45, 2.75) is 84.3 Å². The van der Waals surface area contributed by atoms with E-state index in [-0.39, 0.29) is 12.1 Å². The minimum Gasteiger partial charge on any atom is -0.459 e. The zero-order valence-electron chi connectivity index (χ0n) is 16.6. The highest BCUT2D eigenvalue weighted by Gasteiger charge is 2.42. The number of esters is 2. The third-order valence-electron chi connectivity index (χ3n) is 4.22. The molecule has 1 aliphatic rings. The second-order valence-electron chi connectivity index (χ2n) is 7.81. The van der Waals surface area contributed by atoms with Crippen LogP contribution in [-0.2, 0) is 23.9 Å². The van der Waals surface area contributed by atoms with Crippen LogP contribution >= 0.6 is 0 Å². The standard InChI is InChI=1S/C20H33NO5/c1-6-7-8-9-10-11-12-15-17(14(2)19(24)25-15)18(23)21-13-16(22)26-20(3,4)5/h15,17H,2,6-13H2,1,3-5H3,(H,21,23)/t15-,17?/m0/s1. The van der Waals surface area contributed by atoms with Gasteiger partial charge in [-0.3, -0.25) is 9.59 Å². The second kappa shape index (κ2) is 10.3. The zero-order valence-corrected chi connectivity index (χ0v) is 16.6. The Morgan fingerprint density at radius 1 is 1.15 bits per heavy atom. The van der Waals surface area contributed by atoms with Gasteiger partial charge in [-0.15, -0.1) is 0 Å². The van der Waals surface area contributed by atoms with Crippen LogP contribution in [0.15, 0.2) is 12.2 Å². The molecule has 0 spiro atoms. The molecule has 148 valence electrons. The van der Waals surface area contributed by atoms with E-state index in [9.17, 15) is 14.4 Å². The van der Waals surface area contributed by atoms with Crippen molar-refractivity contribution >= 4 is 17.8 Å². The first-order valence-electron chi connectivity index (χ1n) is 9.55. The van der Waals surface area contributed by atoms with Crippen LogP contribution in [0.2, 0.25) is 0 Å². The summed E-state index contributed by atoms with van der Waals surface area (Å²) in [6.45, 7) is 10.9. The molecular weight excluding hydrogens is 334 g/mol. The highest BCUT2D eigenvalue weighted by atomic mass is 16.6. The van der Waals surface area contributed by atoms with Gasteiger partial charge in [0, 0.05) is 5.57 Å². The molecule has 1 N–H and O–H groups in total. The summed E-state index contributed by atoms with van der Waals surface area (Å²) in [4.78, 5) is 36.0. The maximum absolute atomic E-state index is 12.4. The monoisotopic (exact) mass is 367 g/mol. The van der Waals surface area contributed by atoms with Crippen molar-refractivity contribution in [1.82, 2.24) is 5.32 Å². The summed E-state index contributed by atoms with van der Waals surface area (Å²) in [7, 11) is 0. The Bertz CT molecular complexity index is 521. The van der Waals surface area contributed by atoms with Crippen LogP contribution in [-0.4, -0.2) is 36.1 Å². The average molecular weight is 367 g/mol. The third-order valence-corrected chi connectivity index (χ3v) is 4.22. The van der Waals surface area contributed by atoms with Crippen LogP contribution in [0, 0.1) is 5.92 Å². The lowest BCUT2D eigenvalue weighted by Gasteiger charge is -2.21. The van der Waals surface area contributed by atoms with E-state index in [0.29, 0.717) is 6.42 Å². The number of cyclic esters (lactones) is 1. The normalized spacial score (nSPS) is 20.0. The fourth-order valence-electron chi connectivity index (χ4n) is 2.96. The number of carbonyl (C=O) groups excluding carboxylic acids is 3. The Labute approximate surface area is 156 Å². The number of rotatable bonds is 10. The van der Waals surface area contributed by atoms with E-state index in [1.807, 2.05) is 0 Å². The number of nitrogens with one attached hydrogen (secondary N) is 1. The van der Waals surface area contributed by atoms with Crippen molar-refractivity contribution in [3.05, 3.63) is 12.2 Å². The molecular formula is C20H33NO5. The number of carbonyl (C=O) groups is 3. The van der Waals surface area contributed by atoms with E-state index >= 15 is 0 Å². The highest BCUT2D eigenvalue weighted by molar-refractivity contribution is 6.00. The van der Waals surface area contributed by atoms with Crippen molar-refractivity contribution in [2.75, 3.05) is 6.54 Å². The molecule has 6 nitrogen and oxygen atoms in total. The molecule has 1 aliphatic heterocycles. The van der Waals surface area contributed by atoms with Crippen LogP contribution in [0.4, 0.5) is 0 Å². The van der Waals surface area contributed by atoms with Gasteiger partial charge in [0.15, 0.2) is 0 Å². The Morgan fingerprint density at radius 3 is 2.38 bits per heavy atom. The van der Waals surface area contributed by atoms with E-state index in [1.165, 1.54) is 19.3 Å². The molecule has 6 heteroatoms. The maximum atomic E-state index is 12.4. The van der Waals surface area contributed by atoms with E-state index in [1.54, 1.807) is 20.8 Å². The summed E-state index contributed by atoms with van der Waals surface area (Å²) in [5.74, 6) is -2.20. The lowest BCUT2D eigenvalue weighted by molar-refractivity contribution is -0.155. The summed E-state index contributed by atoms with van der Waals surface area (Å²) < 4.78 is 10.5. The molecule has 1 unspecified atom stereocenters. The van der Waals surface area contributed by atoms with Crippen molar-refractivity contribution < 1.29 is 23.9 Å². The zero-order chi connectivity index (χ0) is 19.7. The van der Waals surface area contributed by atoms with Crippen LogP contribution in [0.5, 0.6) is 0 Å². The lowest BCUT2D eigenvalue weighted by atomic mass is 9.92. The summed E-state index contributed by atoms with van der Waals surface area (Å²) in [6, 6.07) is 0. The summed E-state index contributed by atoms with van der Waals surface area (Å²) in [6.07, 6.45) is 6.84. The third kappa shape index (κ3) is 7.58. The van der Waals surface area contributed by atoms with Crippen LogP contribution < -0.4 is 5.32 Å². The van der Waals surface area contributed by atoms with Gasteiger partial charge in [0.1, 0.15) is 24.2 Å². The number of ether oxygens (including phenoxy) is 2. The molecule has 0 radical (unpaired) electrons. The Kier molecular flexibility index (Phi) is 8.82. The van der Waals surface area contributed by atoms with Gasteiger partial charge in [0.25, 0.3) is 0 Å². The molecule has 2 atom stereocenters. The van der Waals surface area contributed by atoms with Gasteiger partial charge < -0.3 is 14.8 Å². The fourth-order valence-corrected chi connectivity index (χ4v) is 2.96. The van der Waals surface area contributed by atoms with E-state index in [0.717, 1.165) is 19.3 Å². The van der Waals surface area contributed by atoms with Gasteiger partial charge in [-0.1, -0.05) is 45.6 Å². The molecule has 1 fully saturated rings. The van der Waals surface area contributed by atoms with Crippen LogP contribution in [0.25, 0.3) is 0 Å². The number of hydrogen-bond donors (Lipinski definition) is 1. The van der Waals surface area contributed by atoms with Gasteiger partial charge in [-0.2, -0.15) is 0 Å². The average Bonchev–Trinajstić information content (AvgIpc) is 2.81. The highest BCUT2D eigenvalue weighted by Crippen LogP contribution is 2.30. The Morgan fingerprint density at radius 2 is 1.77 bits per heavy atom. The fraction of sp³-hybridized carbons (Fsp3) is 0.750. The summed E-state index contributed by atoms with van der Waals surface area (Å²) in [5, 5.41) is 2.54. The Balaban J connectivity index is 2.48. The molecule has 0 saturated carbocycles. The minimum atomic E-state index is -0.736. The maximum Gasteiger partial charge on any atom is 0.334 e. The molecule has 26 heavy (non-hydrogen) atoms. The number of hydrogen-bond acceptors (Lipinski definition) is 5. The quantitative estimate of drug-likeness (QED) is 0.364. The smallest absolute Gasteiger partial charge is 0.334 e. The lowest BCUT2D eigenvalue weighted by Crippen LogP contribution is -2.40. The summed E-state index contributed by atoms with van der Waals surface area (Å²) >= 11 is 0.